The van der Waals surface area contributed by atoms with E-state index in [-0.39, 0.29) is 0 Å². The van der Waals surface area contributed by atoms with Gasteiger partial charge in [-0.2, -0.15) is 0 Å². The normalized spacial score (nSPS) is 13.0. The number of hydrogen-bond donors (Lipinski definition) is 0. The van der Waals surface area contributed by atoms with Gasteiger partial charge in [0, 0.05) is 6.04 Å². The van der Waals surface area contributed by atoms with E-state index in [1.807, 2.05) is 0 Å². The Kier molecular flexibility index (Phi) is 16.3. The number of rotatable bonds is 16. The van der Waals surface area contributed by atoms with E-state index in [0.717, 1.165) is 6.04 Å². The van der Waals surface area contributed by atoms with Crippen LogP contribution >= 0.6 is 0 Å². The minimum atomic E-state index is 0.781. The molecule has 0 N–H and O–H groups in total. The maximum Gasteiger partial charge on any atom is 0.00666 e. The smallest absolute Gasteiger partial charge is 0.00666 e. The van der Waals surface area contributed by atoms with E-state index in [0.29, 0.717) is 0 Å². The molecule has 0 heterocycles. The lowest BCUT2D eigenvalue weighted by atomic mass is 10.0. The molecule has 1 nitrogen and oxygen atoms in total. The second kappa shape index (κ2) is 16.3. The minimum Gasteiger partial charge on any atom is -0.301 e. The standard InChI is InChI=1S/C20H43N/c1-5-8-9-10-11-12-13-14-15-16-17-18-19-20(4)21(6-2)7-3/h20H,5-19H2,1-4H3. The van der Waals surface area contributed by atoms with E-state index < -0.39 is 0 Å². The molecule has 0 rings (SSSR count). The molecule has 0 fully saturated rings. The molecular formula is C20H43N. The van der Waals surface area contributed by atoms with Gasteiger partial charge in [-0.3, -0.25) is 0 Å². The molecule has 0 aromatic rings. The molecule has 0 amide bonds. The molecule has 0 saturated heterocycles. The van der Waals surface area contributed by atoms with E-state index in [1.165, 1.54) is 96.6 Å². The van der Waals surface area contributed by atoms with Crippen LogP contribution in [-0.2, 0) is 0 Å². The molecule has 0 aliphatic carbocycles. The Morgan fingerprint density at radius 3 is 1.33 bits per heavy atom. The molecule has 0 bridgehead atoms. The second-order valence-corrected chi connectivity index (χ2v) is 6.75. The Balaban J connectivity index is 3.18. The molecule has 0 aromatic heterocycles. The fourth-order valence-electron chi connectivity index (χ4n) is 3.31. The van der Waals surface area contributed by atoms with E-state index in [4.69, 9.17) is 0 Å². The lowest BCUT2D eigenvalue weighted by Crippen LogP contribution is -2.32. The molecule has 21 heavy (non-hydrogen) atoms. The molecule has 0 aliphatic rings. The third-order valence-electron chi connectivity index (χ3n) is 4.91. The van der Waals surface area contributed by atoms with E-state index >= 15 is 0 Å². The zero-order valence-electron chi connectivity index (χ0n) is 15.6. The molecule has 1 atom stereocenters. The highest BCUT2D eigenvalue weighted by atomic mass is 15.1. The summed E-state index contributed by atoms with van der Waals surface area (Å²) in [6.07, 6.45) is 18.8. The van der Waals surface area contributed by atoms with Crippen molar-refractivity contribution in [1.82, 2.24) is 4.90 Å². The molecule has 0 spiro atoms. The van der Waals surface area contributed by atoms with Crippen molar-refractivity contribution < 1.29 is 0 Å². The lowest BCUT2D eigenvalue weighted by molar-refractivity contribution is 0.217. The van der Waals surface area contributed by atoms with Crippen molar-refractivity contribution >= 4 is 0 Å². The summed E-state index contributed by atoms with van der Waals surface area (Å²) in [5.74, 6) is 0. The summed E-state index contributed by atoms with van der Waals surface area (Å²) in [5, 5.41) is 0. The fraction of sp³-hybridized carbons (Fsp3) is 1.00. The summed E-state index contributed by atoms with van der Waals surface area (Å²) in [6.45, 7) is 11.7. The summed E-state index contributed by atoms with van der Waals surface area (Å²) < 4.78 is 0. The molecule has 1 unspecified atom stereocenters. The van der Waals surface area contributed by atoms with Gasteiger partial charge in [-0.25, -0.2) is 0 Å². The average Bonchev–Trinajstić information content (AvgIpc) is 2.49. The Hall–Kier alpha value is -0.0400. The first-order valence-electron chi connectivity index (χ1n) is 10.00. The van der Waals surface area contributed by atoms with Gasteiger partial charge in [0.1, 0.15) is 0 Å². The largest absolute Gasteiger partial charge is 0.301 e. The van der Waals surface area contributed by atoms with E-state index in [1.54, 1.807) is 0 Å². The van der Waals surface area contributed by atoms with Crippen LogP contribution in [0.15, 0.2) is 0 Å². The summed E-state index contributed by atoms with van der Waals surface area (Å²) >= 11 is 0. The van der Waals surface area contributed by atoms with Crippen molar-refractivity contribution in [3.63, 3.8) is 0 Å². The molecular weight excluding hydrogens is 254 g/mol. The minimum absolute atomic E-state index is 0.781. The molecule has 0 radical (unpaired) electrons. The van der Waals surface area contributed by atoms with Crippen molar-refractivity contribution in [2.75, 3.05) is 13.1 Å². The molecule has 0 aliphatic heterocycles. The number of hydrogen-bond acceptors (Lipinski definition) is 1. The number of unbranched alkanes of at least 4 members (excludes halogenated alkanes) is 11. The summed E-state index contributed by atoms with van der Waals surface area (Å²) in [5.41, 5.74) is 0. The second-order valence-electron chi connectivity index (χ2n) is 6.75. The highest BCUT2D eigenvalue weighted by Gasteiger charge is 2.08. The van der Waals surface area contributed by atoms with Gasteiger partial charge in [-0.15, -0.1) is 0 Å². The zero-order chi connectivity index (χ0) is 15.8. The summed E-state index contributed by atoms with van der Waals surface area (Å²) in [6, 6.07) is 0.781. The van der Waals surface area contributed by atoms with Gasteiger partial charge in [0.15, 0.2) is 0 Å². The van der Waals surface area contributed by atoms with E-state index in [9.17, 15) is 0 Å². The first-order chi connectivity index (χ1) is 10.3. The van der Waals surface area contributed by atoms with Crippen LogP contribution in [0.25, 0.3) is 0 Å². The van der Waals surface area contributed by atoms with E-state index in [2.05, 4.69) is 32.6 Å². The van der Waals surface area contributed by atoms with Gasteiger partial charge in [0.2, 0.25) is 0 Å². The number of nitrogens with zero attached hydrogens (tertiary/aromatic N) is 1. The van der Waals surface area contributed by atoms with Gasteiger partial charge in [-0.05, 0) is 26.4 Å². The van der Waals surface area contributed by atoms with Crippen LogP contribution < -0.4 is 0 Å². The highest BCUT2D eigenvalue weighted by molar-refractivity contribution is 4.64. The van der Waals surface area contributed by atoms with Crippen LogP contribution in [0.3, 0.4) is 0 Å². The molecule has 1 heteroatoms. The van der Waals surface area contributed by atoms with Gasteiger partial charge < -0.3 is 4.90 Å². The first kappa shape index (κ1) is 21.0. The highest BCUT2D eigenvalue weighted by Crippen LogP contribution is 2.14. The zero-order valence-corrected chi connectivity index (χ0v) is 15.6. The maximum atomic E-state index is 2.58. The van der Waals surface area contributed by atoms with Gasteiger partial charge >= 0.3 is 0 Å². The predicted octanol–water partition coefficient (Wildman–Crippen LogP) is 6.81. The first-order valence-corrected chi connectivity index (χ1v) is 10.00. The van der Waals surface area contributed by atoms with Crippen LogP contribution in [0.2, 0.25) is 0 Å². The van der Waals surface area contributed by atoms with Crippen molar-refractivity contribution in [2.45, 2.75) is 117 Å². The Morgan fingerprint density at radius 1 is 0.571 bits per heavy atom. The maximum absolute atomic E-state index is 2.58. The fourth-order valence-corrected chi connectivity index (χ4v) is 3.31. The monoisotopic (exact) mass is 297 g/mol. The van der Waals surface area contributed by atoms with Crippen LogP contribution in [-0.4, -0.2) is 24.0 Å². The van der Waals surface area contributed by atoms with Crippen LogP contribution in [0.4, 0.5) is 0 Å². The predicted molar refractivity (Wildman–Crippen MR) is 98.1 cm³/mol. The van der Waals surface area contributed by atoms with Crippen molar-refractivity contribution in [1.29, 1.82) is 0 Å². The Morgan fingerprint density at radius 2 is 0.952 bits per heavy atom. The van der Waals surface area contributed by atoms with Crippen LogP contribution in [0.5, 0.6) is 0 Å². The Labute approximate surface area is 135 Å². The van der Waals surface area contributed by atoms with Crippen molar-refractivity contribution in [2.24, 2.45) is 0 Å². The topological polar surface area (TPSA) is 3.24 Å². The summed E-state index contributed by atoms with van der Waals surface area (Å²) in [4.78, 5) is 2.58. The Bertz CT molecular complexity index is 186. The average molecular weight is 298 g/mol. The van der Waals surface area contributed by atoms with Crippen LogP contribution in [0.1, 0.15) is 111 Å². The third-order valence-corrected chi connectivity index (χ3v) is 4.91. The molecule has 128 valence electrons. The summed E-state index contributed by atoms with van der Waals surface area (Å²) in [7, 11) is 0. The third kappa shape index (κ3) is 13.4. The van der Waals surface area contributed by atoms with Gasteiger partial charge in [0.25, 0.3) is 0 Å². The SMILES string of the molecule is CCCCCCCCCCCCCCC(C)N(CC)CC. The van der Waals surface area contributed by atoms with Crippen molar-refractivity contribution in [3.8, 4) is 0 Å². The lowest BCUT2D eigenvalue weighted by Gasteiger charge is -2.26. The van der Waals surface area contributed by atoms with Gasteiger partial charge in [-0.1, -0.05) is 97.8 Å². The molecule has 0 aromatic carbocycles. The molecule has 0 saturated carbocycles. The quantitative estimate of drug-likeness (QED) is 0.283. The van der Waals surface area contributed by atoms with Gasteiger partial charge in [0.05, 0.1) is 0 Å². The van der Waals surface area contributed by atoms with Crippen molar-refractivity contribution in [3.05, 3.63) is 0 Å². The van der Waals surface area contributed by atoms with Crippen LogP contribution in [0, 0.1) is 0 Å².